The van der Waals surface area contributed by atoms with E-state index in [0.717, 1.165) is 0 Å². The van der Waals surface area contributed by atoms with E-state index in [1.807, 2.05) is 72.8 Å². The first-order valence-electron chi connectivity index (χ1n) is 12.7. The first-order valence-corrected chi connectivity index (χ1v) is 12.7. The monoisotopic (exact) mass is 646 g/mol. The molecule has 9 heteroatoms. The Morgan fingerprint density at radius 3 is 0.610 bits per heavy atom. The van der Waals surface area contributed by atoms with E-state index in [2.05, 4.69) is 0 Å². The number of hydrogen-bond donors (Lipinski definition) is 0. The molecular weight excluding hydrogens is 608 g/mol. The maximum atomic E-state index is 10.5. The molecule has 218 valence electrons. The van der Waals surface area contributed by atoms with E-state index in [4.69, 9.17) is 18.9 Å². The molecule has 0 radical (unpaired) electrons. The molecule has 4 aromatic rings. The van der Waals surface area contributed by atoms with Gasteiger partial charge in [-0.15, -0.1) is 0 Å². The van der Waals surface area contributed by atoms with Crippen LogP contribution in [0.2, 0.25) is 0 Å². The normalized spacial score (nSPS) is 12.3. The van der Waals surface area contributed by atoms with Crippen LogP contribution in [-0.2, 0) is 21.1 Å². The van der Waals surface area contributed by atoms with Crippen molar-refractivity contribution in [2.75, 3.05) is 0 Å². The molecule has 0 aliphatic rings. The summed E-state index contributed by atoms with van der Waals surface area (Å²) in [6, 6.07) is 36.2. The van der Waals surface area contributed by atoms with Gasteiger partial charge in [0.05, 0.1) is 0 Å². The molecule has 0 saturated carbocycles. The van der Waals surface area contributed by atoms with Crippen molar-refractivity contribution in [3.63, 3.8) is 0 Å². The minimum atomic E-state index is -0.984. The molecule has 4 atom stereocenters. The van der Waals surface area contributed by atoms with Crippen molar-refractivity contribution in [1.29, 1.82) is 0 Å². The minimum Gasteiger partial charge on any atom is -0.822 e. The number of rotatable bonds is 8. The van der Waals surface area contributed by atoms with E-state index >= 15 is 0 Å². The summed E-state index contributed by atoms with van der Waals surface area (Å²) >= 11 is 0. The molecule has 0 amide bonds. The molecule has 4 unspecified atom stereocenters. The molecular formula is C32H36MoO8. The summed E-state index contributed by atoms with van der Waals surface area (Å²) < 4.78 is 19.4. The first kappa shape index (κ1) is 37.6. The molecule has 0 bridgehead atoms. The van der Waals surface area contributed by atoms with Crippen LogP contribution in [0.25, 0.3) is 0 Å². The largest absolute Gasteiger partial charge is 4.00 e. The van der Waals surface area contributed by atoms with Gasteiger partial charge in [0.15, 0.2) is 0 Å². The van der Waals surface area contributed by atoms with E-state index in [0.29, 0.717) is 23.0 Å². The van der Waals surface area contributed by atoms with Gasteiger partial charge in [0.25, 0.3) is 0 Å². The summed E-state index contributed by atoms with van der Waals surface area (Å²) in [5, 5.41) is 41.9. The predicted octanol–water partition coefficient (Wildman–Crippen LogP) is 3.08. The number of ether oxygens (including phenoxy) is 4. The van der Waals surface area contributed by atoms with Crippen LogP contribution in [-0.4, -0.2) is 25.2 Å². The zero-order valence-corrected chi connectivity index (χ0v) is 25.5. The maximum Gasteiger partial charge on any atom is 4.00 e. The molecule has 0 heterocycles. The van der Waals surface area contributed by atoms with Gasteiger partial charge in [-0.2, -0.15) is 0 Å². The second-order valence-corrected chi connectivity index (χ2v) is 7.99. The van der Waals surface area contributed by atoms with Crippen molar-refractivity contribution >= 4 is 0 Å². The SMILES string of the molecule is CC([O-])Oc1ccccc1.CC([O-])Oc1ccccc1.CC([O-])Oc1ccccc1.CC([O-])Oc1ccccc1.[Mo+4]. The van der Waals surface area contributed by atoms with Gasteiger partial charge in [0.1, 0.15) is 23.0 Å². The quantitative estimate of drug-likeness (QED) is 0.212. The van der Waals surface area contributed by atoms with Crippen molar-refractivity contribution in [2.24, 2.45) is 0 Å². The van der Waals surface area contributed by atoms with Crippen LogP contribution in [0.5, 0.6) is 23.0 Å². The Labute approximate surface area is 257 Å². The Hall–Kier alpha value is -3.39. The Bertz CT molecular complexity index is 916. The van der Waals surface area contributed by atoms with Crippen LogP contribution >= 0.6 is 0 Å². The van der Waals surface area contributed by atoms with Gasteiger partial charge in [-0.1, -0.05) is 72.8 Å². The van der Waals surface area contributed by atoms with Crippen LogP contribution in [0.15, 0.2) is 121 Å². The Morgan fingerprint density at radius 1 is 0.341 bits per heavy atom. The average molecular weight is 645 g/mol. The molecule has 4 aromatic carbocycles. The van der Waals surface area contributed by atoms with Crippen LogP contribution in [0.3, 0.4) is 0 Å². The molecule has 0 aliphatic heterocycles. The van der Waals surface area contributed by atoms with Gasteiger partial charge >= 0.3 is 21.1 Å². The summed E-state index contributed by atoms with van der Waals surface area (Å²) in [4.78, 5) is 0. The fourth-order valence-corrected chi connectivity index (χ4v) is 2.76. The van der Waals surface area contributed by atoms with Crippen molar-refractivity contribution in [3.05, 3.63) is 121 Å². The molecule has 0 N–H and O–H groups in total. The zero-order chi connectivity index (χ0) is 29.6. The van der Waals surface area contributed by atoms with Gasteiger partial charge in [-0.05, 0) is 76.2 Å². The molecule has 0 aromatic heterocycles. The maximum absolute atomic E-state index is 10.5. The van der Waals surface area contributed by atoms with E-state index in [1.54, 1.807) is 48.5 Å². The fraction of sp³-hybridized carbons (Fsp3) is 0.250. The third-order valence-electron chi connectivity index (χ3n) is 4.18. The molecule has 0 aliphatic carbocycles. The van der Waals surface area contributed by atoms with Crippen LogP contribution in [0.4, 0.5) is 0 Å². The third-order valence-corrected chi connectivity index (χ3v) is 4.18. The summed E-state index contributed by atoms with van der Waals surface area (Å²) in [7, 11) is 0. The van der Waals surface area contributed by atoms with E-state index < -0.39 is 25.2 Å². The van der Waals surface area contributed by atoms with Gasteiger partial charge in [0.2, 0.25) is 0 Å². The first-order chi connectivity index (χ1) is 19.2. The van der Waals surface area contributed by atoms with Crippen molar-refractivity contribution in [1.82, 2.24) is 0 Å². The Kier molecular flexibility index (Phi) is 21.4. The molecule has 0 fully saturated rings. The summed E-state index contributed by atoms with van der Waals surface area (Å²) in [5.74, 6) is 2.52. The molecule has 41 heavy (non-hydrogen) atoms. The van der Waals surface area contributed by atoms with Crippen LogP contribution in [0, 0.1) is 0 Å². The van der Waals surface area contributed by atoms with E-state index in [-0.39, 0.29) is 21.1 Å². The summed E-state index contributed by atoms with van der Waals surface area (Å²) in [6.07, 6.45) is -3.94. The number of hydrogen-bond acceptors (Lipinski definition) is 8. The van der Waals surface area contributed by atoms with Crippen molar-refractivity contribution in [3.8, 4) is 23.0 Å². The van der Waals surface area contributed by atoms with E-state index in [1.165, 1.54) is 27.7 Å². The molecule has 4 rings (SSSR count). The van der Waals surface area contributed by atoms with E-state index in [9.17, 15) is 20.4 Å². The average Bonchev–Trinajstić information content (AvgIpc) is 2.91. The topological polar surface area (TPSA) is 129 Å². The van der Waals surface area contributed by atoms with Gasteiger partial charge in [0, 0.05) is 25.2 Å². The Morgan fingerprint density at radius 2 is 0.488 bits per heavy atom. The molecule has 8 nitrogen and oxygen atoms in total. The van der Waals surface area contributed by atoms with Crippen LogP contribution in [0.1, 0.15) is 27.7 Å². The Balaban J connectivity index is 0.000000516. The third kappa shape index (κ3) is 22.0. The predicted molar refractivity (Wildman–Crippen MR) is 146 cm³/mol. The van der Waals surface area contributed by atoms with Gasteiger partial charge < -0.3 is 39.4 Å². The minimum absolute atomic E-state index is 0. The summed E-state index contributed by atoms with van der Waals surface area (Å²) in [6.45, 7) is 5.86. The smallest absolute Gasteiger partial charge is 0.822 e. The summed E-state index contributed by atoms with van der Waals surface area (Å²) in [5.41, 5.74) is 0. The van der Waals surface area contributed by atoms with Crippen molar-refractivity contribution in [2.45, 2.75) is 52.9 Å². The second kappa shape index (κ2) is 23.3. The molecule has 0 spiro atoms. The fourth-order valence-electron chi connectivity index (χ4n) is 2.76. The molecule has 0 saturated heterocycles. The van der Waals surface area contributed by atoms with Crippen LogP contribution < -0.4 is 39.4 Å². The van der Waals surface area contributed by atoms with Gasteiger partial charge in [-0.3, -0.25) is 0 Å². The standard InChI is InChI=1S/4C8H9O2.Mo/c4*1-7(9)10-8-5-3-2-4-6-8;/h4*2-7H,1H3;/q4*-1;+4. The van der Waals surface area contributed by atoms with Gasteiger partial charge in [-0.25, -0.2) is 0 Å². The number of para-hydroxylation sites is 4. The zero-order valence-electron chi connectivity index (χ0n) is 23.5. The number of benzene rings is 4. The second-order valence-electron chi connectivity index (χ2n) is 7.99. The van der Waals surface area contributed by atoms with Crippen molar-refractivity contribution < 1.29 is 60.4 Å².